The van der Waals surface area contributed by atoms with Crippen LogP contribution in [-0.4, -0.2) is 22.2 Å². The molecule has 128 valence electrons. The van der Waals surface area contributed by atoms with E-state index in [0.717, 1.165) is 5.56 Å². The highest BCUT2D eigenvalue weighted by Crippen LogP contribution is 2.22. The van der Waals surface area contributed by atoms with Gasteiger partial charge in [0.25, 0.3) is 5.91 Å². The van der Waals surface area contributed by atoms with Crippen LogP contribution in [0.5, 0.6) is 5.75 Å². The van der Waals surface area contributed by atoms with Crippen molar-refractivity contribution in [2.24, 2.45) is 0 Å². The van der Waals surface area contributed by atoms with Crippen LogP contribution in [0.25, 0.3) is 11.5 Å². The van der Waals surface area contributed by atoms with Gasteiger partial charge in [0.2, 0.25) is 12.3 Å². The molecule has 1 N–H and O–H groups in total. The van der Waals surface area contributed by atoms with E-state index >= 15 is 0 Å². The molecule has 25 heavy (non-hydrogen) atoms. The van der Waals surface area contributed by atoms with E-state index in [0.29, 0.717) is 17.3 Å². The van der Waals surface area contributed by atoms with Crippen molar-refractivity contribution in [1.82, 2.24) is 10.2 Å². The largest absolute Gasteiger partial charge is 0.481 e. The number of amides is 1. The summed E-state index contributed by atoms with van der Waals surface area (Å²) in [5, 5.41) is 9.97. The molecule has 0 radical (unpaired) electrons. The molecule has 0 aliphatic heterocycles. The number of carbonyl (C=O) groups is 1. The zero-order valence-corrected chi connectivity index (χ0v) is 13.8. The van der Waals surface area contributed by atoms with Crippen molar-refractivity contribution in [2.45, 2.75) is 13.0 Å². The summed E-state index contributed by atoms with van der Waals surface area (Å²) in [5.41, 5.74) is 1.13. The molecule has 0 aliphatic carbocycles. The summed E-state index contributed by atoms with van der Waals surface area (Å²) in [6.45, 7) is 1.60. The lowest BCUT2D eigenvalue weighted by Crippen LogP contribution is -2.30. The summed E-state index contributed by atoms with van der Waals surface area (Å²) >= 11 is 5.69. The molecule has 8 heteroatoms. The van der Waals surface area contributed by atoms with Gasteiger partial charge in [0.15, 0.2) is 6.10 Å². The number of nitrogens with zero attached hydrogens (tertiary/aromatic N) is 2. The van der Waals surface area contributed by atoms with Gasteiger partial charge >= 0.3 is 0 Å². The molecule has 3 aromatic rings. The first-order valence-electron chi connectivity index (χ1n) is 7.32. The third kappa shape index (κ3) is 4.13. The van der Waals surface area contributed by atoms with E-state index in [2.05, 4.69) is 15.5 Å². The third-order valence-corrected chi connectivity index (χ3v) is 3.62. The summed E-state index contributed by atoms with van der Waals surface area (Å²) in [6.07, 6.45) is 0.478. The van der Waals surface area contributed by atoms with Crippen molar-refractivity contribution in [1.29, 1.82) is 0 Å². The zero-order chi connectivity index (χ0) is 17.8. The Hall–Kier alpha value is -2.93. The molecule has 1 amide bonds. The predicted octanol–water partition coefficient (Wildman–Crippen LogP) is 3.94. The predicted molar refractivity (Wildman–Crippen MR) is 89.9 cm³/mol. The highest BCUT2D eigenvalue weighted by molar-refractivity contribution is 6.31. The van der Waals surface area contributed by atoms with Gasteiger partial charge in [-0.1, -0.05) is 11.6 Å². The zero-order valence-electron chi connectivity index (χ0n) is 13.1. The average molecular weight is 362 g/mol. The van der Waals surface area contributed by atoms with Crippen LogP contribution in [0.3, 0.4) is 0 Å². The van der Waals surface area contributed by atoms with Gasteiger partial charge < -0.3 is 14.5 Å². The minimum atomic E-state index is -0.766. The number of hydrogen-bond acceptors (Lipinski definition) is 5. The second kappa shape index (κ2) is 7.31. The Labute approximate surface area is 147 Å². The van der Waals surface area contributed by atoms with Crippen LogP contribution >= 0.6 is 11.6 Å². The van der Waals surface area contributed by atoms with Crippen molar-refractivity contribution < 1.29 is 18.3 Å². The van der Waals surface area contributed by atoms with Gasteiger partial charge in [-0.25, -0.2) is 4.39 Å². The van der Waals surface area contributed by atoms with Crippen LogP contribution in [0.15, 0.2) is 53.3 Å². The molecule has 1 heterocycles. The van der Waals surface area contributed by atoms with Gasteiger partial charge in [0, 0.05) is 11.3 Å². The summed E-state index contributed by atoms with van der Waals surface area (Å²) in [7, 11) is 0. The van der Waals surface area contributed by atoms with E-state index in [-0.39, 0.29) is 10.9 Å². The number of rotatable bonds is 5. The maximum atomic E-state index is 13.1. The van der Waals surface area contributed by atoms with Gasteiger partial charge in [0.1, 0.15) is 11.6 Å². The van der Waals surface area contributed by atoms with Gasteiger partial charge in [0.05, 0.1) is 5.02 Å². The average Bonchev–Trinajstić information content (AvgIpc) is 3.13. The van der Waals surface area contributed by atoms with Crippen LogP contribution < -0.4 is 10.1 Å². The molecular weight excluding hydrogens is 349 g/mol. The minimum Gasteiger partial charge on any atom is -0.481 e. The Balaban J connectivity index is 1.62. The highest BCUT2D eigenvalue weighted by atomic mass is 35.5. The molecule has 1 atom stereocenters. The molecule has 0 saturated heterocycles. The van der Waals surface area contributed by atoms with Gasteiger partial charge in [-0.2, -0.15) is 0 Å². The summed E-state index contributed by atoms with van der Waals surface area (Å²) in [6, 6.07) is 10.8. The molecule has 0 saturated carbocycles. The van der Waals surface area contributed by atoms with E-state index in [9.17, 15) is 9.18 Å². The van der Waals surface area contributed by atoms with Gasteiger partial charge in [-0.3, -0.25) is 4.79 Å². The topological polar surface area (TPSA) is 77.2 Å². The number of halogens is 2. The maximum Gasteiger partial charge on any atom is 0.265 e. The summed E-state index contributed by atoms with van der Waals surface area (Å²) in [5.74, 6) is -0.0393. The number of carbonyl (C=O) groups excluding carboxylic acids is 1. The monoisotopic (exact) mass is 361 g/mol. The van der Waals surface area contributed by atoms with Gasteiger partial charge in [-0.05, 0) is 49.4 Å². The van der Waals surface area contributed by atoms with Crippen molar-refractivity contribution in [2.75, 3.05) is 5.32 Å². The SMILES string of the molecule is CC(Oc1ccc(-c2nnco2)cc1)C(=O)Nc1ccc(F)c(Cl)c1. The number of hydrogen-bond donors (Lipinski definition) is 1. The number of aromatic nitrogens is 2. The second-order valence-electron chi connectivity index (χ2n) is 5.15. The minimum absolute atomic E-state index is 0.0667. The first-order valence-corrected chi connectivity index (χ1v) is 7.70. The number of benzene rings is 2. The van der Waals surface area contributed by atoms with Crippen LogP contribution in [-0.2, 0) is 4.79 Å². The first-order chi connectivity index (χ1) is 12.0. The van der Waals surface area contributed by atoms with Crippen molar-refractivity contribution in [3.05, 3.63) is 59.7 Å². The van der Waals surface area contributed by atoms with E-state index in [1.165, 1.54) is 24.6 Å². The smallest absolute Gasteiger partial charge is 0.265 e. The van der Waals surface area contributed by atoms with E-state index in [4.69, 9.17) is 20.8 Å². The summed E-state index contributed by atoms with van der Waals surface area (Å²) in [4.78, 5) is 12.2. The summed E-state index contributed by atoms with van der Waals surface area (Å²) < 4.78 is 23.8. The lowest BCUT2D eigenvalue weighted by molar-refractivity contribution is -0.122. The Morgan fingerprint density at radius 1 is 1.28 bits per heavy atom. The molecule has 0 fully saturated rings. The molecular formula is C17H13ClFN3O3. The lowest BCUT2D eigenvalue weighted by Gasteiger charge is -2.15. The van der Waals surface area contributed by atoms with Crippen molar-refractivity contribution in [3.63, 3.8) is 0 Å². The normalized spacial score (nSPS) is 11.8. The Morgan fingerprint density at radius 2 is 2.04 bits per heavy atom. The fourth-order valence-electron chi connectivity index (χ4n) is 2.05. The fraction of sp³-hybridized carbons (Fsp3) is 0.118. The van der Waals surface area contributed by atoms with E-state index < -0.39 is 11.9 Å². The molecule has 1 unspecified atom stereocenters. The molecule has 0 spiro atoms. The highest BCUT2D eigenvalue weighted by Gasteiger charge is 2.16. The van der Waals surface area contributed by atoms with Crippen LogP contribution in [0.4, 0.5) is 10.1 Å². The molecule has 2 aromatic carbocycles. The third-order valence-electron chi connectivity index (χ3n) is 3.33. The lowest BCUT2D eigenvalue weighted by atomic mass is 10.2. The molecule has 3 rings (SSSR count). The molecule has 6 nitrogen and oxygen atoms in total. The van der Waals surface area contributed by atoms with Crippen LogP contribution in [0.2, 0.25) is 5.02 Å². The van der Waals surface area contributed by atoms with Crippen LogP contribution in [0, 0.1) is 5.82 Å². The van der Waals surface area contributed by atoms with Crippen LogP contribution in [0.1, 0.15) is 6.92 Å². The molecule has 1 aromatic heterocycles. The quantitative estimate of drug-likeness (QED) is 0.744. The first kappa shape index (κ1) is 16.9. The number of nitrogens with one attached hydrogen (secondary N) is 1. The Morgan fingerprint density at radius 3 is 2.68 bits per heavy atom. The fourth-order valence-corrected chi connectivity index (χ4v) is 2.23. The second-order valence-corrected chi connectivity index (χ2v) is 5.55. The molecule has 0 bridgehead atoms. The Bertz CT molecular complexity index is 869. The van der Waals surface area contributed by atoms with Gasteiger partial charge in [-0.15, -0.1) is 10.2 Å². The maximum absolute atomic E-state index is 13.1. The van der Waals surface area contributed by atoms with Crippen molar-refractivity contribution in [3.8, 4) is 17.2 Å². The van der Waals surface area contributed by atoms with E-state index in [1.54, 1.807) is 31.2 Å². The molecule has 0 aliphatic rings. The number of anilines is 1. The van der Waals surface area contributed by atoms with Crippen molar-refractivity contribution >= 4 is 23.2 Å². The van der Waals surface area contributed by atoms with E-state index in [1.807, 2.05) is 0 Å². The Kier molecular flexibility index (Phi) is 4.95. The standard InChI is InChI=1S/C17H13ClFN3O3/c1-10(16(23)21-12-4-7-15(19)14(18)8-12)25-13-5-2-11(3-6-13)17-22-20-9-24-17/h2-10H,1H3,(H,21,23). The number of ether oxygens (including phenoxy) is 1.